The Morgan fingerprint density at radius 1 is 1.21 bits per heavy atom. The van der Waals surface area contributed by atoms with Gasteiger partial charge >= 0.3 is 0 Å². The van der Waals surface area contributed by atoms with Gasteiger partial charge in [-0.1, -0.05) is 6.42 Å². The van der Waals surface area contributed by atoms with Gasteiger partial charge in [-0.15, -0.1) is 0 Å². The third-order valence-electron chi connectivity index (χ3n) is 4.80. The molecule has 3 rings (SSSR count). The van der Waals surface area contributed by atoms with E-state index in [1.807, 2.05) is 38.1 Å². The van der Waals surface area contributed by atoms with Gasteiger partial charge in [0.25, 0.3) is 0 Å². The van der Waals surface area contributed by atoms with Gasteiger partial charge in [0.05, 0.1) is 12.6 Å². The van der Waals surface area contributed by atoms with Gasteiger partial charge in [-0.2, -0.15) is 0 Å². The number of carbonyl (C=O) groups excluding carboxylic acids is 1. The van der Waals surface area contributed by atoms with Crippen LogP contribution < -0.4 is 10.1 Å². The molecule has 0 aromatic heterocycles. The monoisotopic (exact) mass is 331 g/mol. The first-order valence-corrected chi connectivity index (χ1v) is 9.13. The van der Waals surface area contributed by atoms with E-state index in [0.29, 0.717) is 12.6 Å². The fourth-order valence-corrected chi connectivity index (χ4v) is 3.66. The summed E-state index contributed by atoms with van der Waals surface area (Å²) in [5.41, 5.74) is 0.826. The second-order valence-electron chi connectivity index (χ2n) is 7.16. The van der Waals surface area contributed by atoms with Gasteiger partial charge in [0, 0.05) is 31.4 Å². The SMILES string of the molecule is CC(C)Oc1ccc(NC(=O)CN2CCN3CCCC[C@H]3C2)cc1. The molecule has 1 aromatic rings. The minimum Gasteiger partial charge on any atom is -0.491 e. The van der Waals surface area contributed by atoms with Crippen LogP contribution in [0, 0.1) is 0 Å². The molecule has 0 radical (unpaired) electrons. The lowest BCUT2D eigenvalue weighted by Gasteiger charge is -2.43. The summed E-state index contributed by atoms with van der Waals surface area (Å²) >= 11 is 0. The lowest BCUT2D eigenvalue weighted by atomic mass is 9.99. The predicted molar refractivity (Wildman–Crippen MR) is 96.5 cm³/mol. The van der Waals surface area contributed by atoms with Gasteiger partial charge in [-0.3, -0.25) is 14.6 Å². The van der Waals surface area contributed by atoms with Crippen LogP contribution >= 0.6 is 0 Å². The molecule has 2 aliphatic rings. The topological polar surface area (TPSA) is 44.8 Å². The minimum atomic E-state index is 0.0665. The average Bonchev–Trinajstić information content (AvgIpc) is 2.56. The average molecular weight is 331 g/mol. The second kappa shape index (κ2) is 7.99. The number of benzene rings is 1. The van der Waals surface area contributed by atoms with Gasteiger partial charge in [-0.05, 0) is 57.5 Å². The number of hydrogen-bond donors (Lipinski definition) is 1. The van der Waals surface area contributed by atoms with Crippen molar-refractivity contribution in [1.82, 2.24) is 9.80 Å². The smallest absolute Gasteiger partial charge is 0.238 e. The summed E-state index contributed by atoms with van der Waals surface area (Å²) in [6.45, 7) is 8.83. The number of hydrogen-bond acceptors (Lipinski definition) is 4. The maximum Gasteiger partial charge on any atom is 0.238 e. The third kappa shape index (κ3) is 4.71. The summed E-state index contributed by atoms with van der Waals surface area (Å²) in [4.78, 5) is 17.2. The molecular weight excluding hydrogens is 302 g/mol. The molecule has 0 bridgehead atoms. The summed E-state index contributed by atoms with van der Waals surface area (Å²) in [6.07, 6.45) is 4.08. The Kier molecular flexibility index (Phi) is 5.74. The first kappa shape index (κ1) is 17.2. The maximum atomic E-state index is 12.3. The number of piperazine rings is 1. The van der Waals surface area contributed by atoms with Gasteiger partial charge in [0.2, 0.25) is 5.91 Å². The number of nitrogens with zero attached hydrogens (tertiary/aromatic N) is 2. The molecule has 2 heterocycles. The summed E-state index contributed by atoms with van der Waals surface area (Å²) < 4.78 is 5.62. The molecule has 0 saturated carbocycles. The lowest BCUT2D eigenvalue weighted by molar-refractivity contribution is -0.118. The Morgan fingerprint density at radius 3 is 2.75 bits per heavy atom. The molecule has 0 spiro atoms. The highest BCUT2D eigenvalue weighted by Gasteiger charge is 2.29. The van der Waals surface area contributed by atoms with E-state index in [1.165, 1.54) is 25.8 Å². The molecule has 1 N–H and O–H groups in total. The van der Waals surface area contributed by atoms with Crippen molar-refractivity contribution in [3.63, 3.8) is 0 Å². The molecule has 24 heavy (non-hydrogen) atoms. The molecule has 2 aliphatic heterocycles. The zero-order valence-corrected chi connectivity index (χ0v) is 14.8. The molecule has 2 fully saturated rings. The summed E-state index contributed by atoms with van der Waals surface area (Å²) in [5.74, 6) is 0.896. The highest BCUT2D eigenvalue weighted by Crippen LogP contribution is 2.21. The van der Waals surface area contributed by atoms with Crippen LogP contribution in [0.5, 0.6) is 5.75 Å². The van der Waals surface area contributed by atoms with E-state index < -0.39 is 0 Å². The van der Waals surface area contributed by atoms with E-state index in [-0.39, 0.29) is 12.0 Å². The number of anilines is 1. The van der Waals surface area contributed by atoms with Crippen LogP contribution in [0.3, 0.4) is 0 Å². The number of fused-ring (bicyclic) bond motifs is 1. The van der Waals surface area contributed by atoms with E-state index >= 15 is 0 Å². The second-order valence-corrected chi connectivity index (χ2v) is 7.16. The summed E-state index contributed by atoms with van der Waals surface area (Å²) in [5, 5.41) is 2.99. The van der Waals surface area contributed by atoms with Gasteiger partial charge in [0.15, 0.2) is 0 Å². The summed E-state index contributed by atoms with van der Waals surface area (Å²) in [7, 11) is 0. The van der Waals surface area contributed by atoms with Crippen LogP contribution in [0.1, 0.15) is 33.1 Å². The number of piperidine rings is 1. The van der Waals surface area contributed by atoms with Crippen LogP contribution in [0.25, 0.3) is 0 Å². The first-order valence-electron chi connectivity index (χ1n) is 9.13. The van der Waals surface area contributed by atoms with Crippen molar-refractivity contribution in [1.29, 1.82) is 0 Å². The standard InChI is InChI=1S/C19H29N3O2/c1-15(2)24-18-8-6-16(7-9-18)20-19(23)14-21-11-12-22-10-4-3-5-17(22)13-21/h6-9,15,17H,3-5,10-14H2,1-2H3,(H,20,23)/t17-/m0/s1. The Morgan fingerprint density at radius 2 is 2.00 bits per heavy atom. The Labute approximate surface area is 145 Å². The van der Waals surface area contributed by atoms with Crippen molar-refractivity contribution in [3.8, 4) is 5.75 Å². The van der Waals surface area contributed by atoms with E-state index in [0.717, 1.165) is 31.1 Å². The fraction of sp³-hybridized carbons (Fsp3) is 0.632. The van der Waals surface area contributed by atoms with E-state index in [2.05, 4.69) is 15.1 Å². The van der Waals surface area contributed by atoms with Crippen LogP contribution in [-0.4, -0.2) is 60.6 Å². The molecule has 5 nitrogen and oxygen atoms in total. The number of rotatable bonds is 5. The molecule has 5 heteroatoms. The Balaban J connectivity index is 1.47. The van der Waals surface area contributed by atoms with E-state index in [1.54, 1.807) is 0 Å². The van der Waals surface area contributed by atoms with Crippen molar-refractivity contribution in [2.45, 2.75) is 45.3 Å². The van der Waals surface area contributed by atoms with Crippen LogP contribution in [0.4, 0.5) is 5.69 Å². The van der Waals surface area contributed by atoms with Crippen LogP contribution in [-0.2, 0) is 4.79 Å². The largest absolute Gasteiger partial charge is 0.491 e. The molecular formula is C19H29N3O2. The summed E-state index contributed by atoms with van der Waals surface area (Å²) in [6, 6.07) is 8.24. The first-order chi connectivity index (χ1) is 11.6. The molecule has 1 aromatic carbocycles. The Hall–Kier alpha value is -1.59. The van der Waals surface area contributed by atoms with Crippen molar-refractivity contribution in [3.05, 3.63) is 24.3 Å². The van der Waals surface area contributed by atoms with Crippen molar-refractivity contribution in [2.75, 3.05) is 38.0 Å². The number of carbonyl (C=O) groups is 1. The molecule has 0 aliphatic carbocycles. The van der Waals surface area contributed by atoms with Crippen molar-refractivity contribution < 1.29 is 9.53 Å². The quantitative estimate of drug-likeness (QED) is 0.901. The Bertz CT molecular complexity index is 544. The molecule has 132 valence electrons. The van der Waals surface area contributed by atoms with Gasteiger partial charge < -0.3 is 10.1 Å². The van der Waals surface area contributed by atoms with Crippen molar-refractivity contribution in [2.24, 2.45) is 0 Å². The van der Waals surface area contributed by atoms with E-state index in [4.69, 9.17) is 4.74 Å². The molecule has 1 atom stereocenters. The molecule has 1 amide bonds. The number of ether oxygens (including phenoxy) is 1. The lowest BCUT2D eigenvalue weighted by Crippen LogP contribution is -2.55. The minimum absolute atomic E-state index is 0.0665. The zero-order chi connectivity index (χ0) is 16.9. The highest BCUT2D eigenvalue weighted by molar-refractivity contribution is 5.92. The number of nitrogens with one attached hydrogen (secondary N) is 1. The fourth-order valence-electron chi connectivity index (χ4n) is 3.66. The third-order valence-corrected chi connectivity index (χ3v) is 4.80. The van der Waals surface area contributed by atoms with Crippen LogP contribution in [0.15, 0.2) is 24.3 Å². The zero-order valence-electron chi connectivity index (χ0n) is 14.8. The van der Waals surface area contributed by atoms with Gasteiger partial charge in [0.1, 0.15) is 5.75 Å². The van der Waals surface area contributed by atoms with Crippen LogP contribution in [0.2, 0.25) is 0 Å². The number of amides is 1. The molecule has 2 saturated heterocycles. The van der Waals surface area contributed by atoms with E-state index in [9.17, 15) is 4.79 Å². The normalized spacial score (nSPS) is 22.2. The predicted octanol–water partition coefficient (Wildman–Crippen LogP) is 2.58. The van der Waals surface area contributed by atoms with Gasteiger partial charge in [-0.25, -0.2) is 0 Å². The molecule has 0 unspecified atom stereocenters. The maximum absolute atomic E-state index is 12.3. The van der Waals surface area contributed by atoms with Crippen molar-refractivity contribution >= 4 is 11.6 Å². The highest BCUT2D eigenvalue weighted by atomic mass is 16.5.